The molecule has 1 fully saturated rings. The van der Waals surface area contributed by atoms with E-state index in [9.17, 15) is 0 Å². The van der Waals surface area contributed by atoms with E-state index >= 15 is 0 Å². The molecule has 0 aliphatic heterocycles. The van der Waals surface area contributed by atoms with Gasteiger partial charge in [0.25, 0.3) is 0 Å². The molecule has 1 aliphatic carbocycles. The number of thiazole rings is 1. The van der Waals surface area contributed by atoms with Crippen molar-refractivity contribution < 1.29 is 4.42 Å². The van der Waals surface area contributed by atoms with Gasteiger partial charge in [-0.25, -0.2) is 15.0 Å². The van der Waals surface area contributed by atoms with Crippen molar-refractivity contribution in [2.24, 2.45) is 0 Å². The molecule has 5 heterocycles. The molecule has 0 saturated heterocycles. The molecule has 7 nitrogen and oxygen atoms in total. The summed E-state index contributed by atoms with van der Waals surface area (Å²) < 4.78 is 6.27. The summed E-state index contributed by atoms with van der Waals surface area (Å²) in [7, 11) is 0. The maximum atomic E-state index is 5.01. The summed E-state index contributed by atoms with van der Waals surface area (Å²) in [6.45, 7) is 64.0. The lowest BCUT2D eigenvalue weighted by molar-refractivity contribution is 0.602. The number of hydrogen-bond acceptors (Lipinski definition) is 7. The van der Waals surface area contributed by atoms with Gasteiger partial charge < -0.3 is 9.40 Å². The van der Waals surface area contributed by atoms with Crippen LogP contribution < -0.4 is 0 Å². The van der Waals surface area contributed by atoms with Crippen LogP contribution in [0.1, 0.15) is 254 Å². The zero-order valence-corrected chi connectivity index (χ0v) is 70.7. The topological polar surface area (TPSA) is 93.4 Å². The third-order valence-electron chi connectivity index (χ3n) is 10.4. The number of para-hydroxylation sites is 6. The van der Waals surface area contributed by atoms with Crippen molar-refractivity contribution in [3.05, 3.63) is 261 Å². The predicted octanol–water partition coefficient (Wildman–Crippen LogP) is 33.1. The van der Waals surface area contributed by atoms with Crippen molar-refractivity contribution in [1.29, 1.82) is 0 Å². The highest BCUT2D eigenvalue weighted by atomic mass is 32.1. The van der Waals surface area contributed by atoms with E-state index in [1.165, 1.54) is 70.1 Å². The van der Waals surface area contributed by atoms with Crippen molar-refractivity contribution >= 4 is 76.1 Å². The SMILES string of the molecule is C1CCCC1.CC.CC.CC.CC.CC.CC.CC.CC.CC.CC.CC.CC.CC.CC.CC.CC.c1ccc2[nH]cnc2c1.c1ccc2ccccc2c1.c1ccc2cnccc2c1.c1ccc2ncccc2c1.c1ccc2ocnc2c1.c1ccc2scnc2c1.c1ccccc1. The van der Waals surface area contributed by atoms with Gasteiger partial charge in [-0.05, 0) is 76.1 Å². The van der Waals surface area contributed by atoms with Gasteiger partial charge in [0.05, 0.1) is 38.6 Å². The van der Waals surface area contributed by atoms with E-state index < -0.39 is 0 Å². The summed E-state index contributed by atoms with van der Waals surface area (Å²) >= 11 is 1.68. The highest BCUT2D eigenvalue weighted by molar-refractivity contribution is 7.16. The van der Waals surface area contributed by atoms with Crippen molar-refractivity contribution in [3.8, 4) is 0 Å². The van der Waals surface area contributed by atoms with Gasteiger partial charge in [-0.15, -0.1) is 11.3 Å². The minimum atomic E-state index is 0.845. The van der Waals surface area contributed by atoms with Crippen molar-refractivity contribution in [3.63, 3.8) is 0 Å². The number of imidazole rings is 1. The third-order valence-corrected chi connectivity index (χ3v) is 11.2. The first-order valence-electron chi connectivity index (χ1n) is 38.8. The molecular formula is C92H150N6OS. The number of nitrogens with zero attached hydrogens (tertiary/aromatic N) is 5. The average molecular weight is 1390 g/mol. The molecule has 1 N–H and O–H groups in total. The highest BCUT2D eigenvalue weighted by Crippen LogP contribution is 2.17. The van der Waals surface area contributed by atoms with E-state index in [1.807, 2.05) is 391 Å². The van der Waals surface area contributed by atoms with Crippen LogP contribution in [0.2, 0.25) is 0 Å². The minimum Gasteiger partial charge on any atom is -0.443 e. The van der Waals surface area contributed by atoms with Gasteiger partial charge in [0.2, 0.25) is 0 Å². The zero-order chi connectivity index (χ0) is 78.5. The Kier molecular flexibility index (Phi) is 118. The van der Waals surface area contributed by atoms with Gasteiger partial charge in [-0.2, -0.15) is 0 Å². The van der Waals surface area contributed by atoms with Crippen LogP contribution in [-0.4, -0.2) is 29.9 Å². The maximum Gasteiger partial charge on any atom is 0.181 e. The second kappa shape index (κ2) is 104. The molecule has 0 unspecified atom stereocenters. The second-order valence-corrected chi connectivity index (χ2v) is 16.1. The van der Waals surface area contributed by atoms with Crippen LogP contribution in [0.25, 0.3) is 64.8 Å². The van der Waals surface area contributed by atoms with Gasteiger partial charge in [-0.1, -0.05) is 424 Å². The third kappa shape index (κ3) is 60.8. The van der Waals surface area contributed by atoms with Crippen LogP contribution in [-0.2, 0) is 0 Å². The molecule has 1 aliphatic rings. The van der Waals surface area contributed by atoms with E-state index in [-0.39, 0.29) is 0 Å². The van der Waals surface area contributed by atoms with E-state index in [0.717, 1.165) is 33.2 Å². The van der Waals surface area contributed by atoms with Crippen LogP contribution in [0, 0.1) is 0 Å². The summed E-state index contributed by atoms with van der Waals surface area (Å²) in [5, 5.41) is 6.27. The number of pyridine rings is 2. The molecule has 8 heteroatoms. The largest absolute Gasteiger partial charge is 0.443 e. The van der Waals surface area contributed by atoms with E-state index in [2.05, 4.69) is 109 Å². The monoisotopic (exact) mass is 1390 g/mol. The summed E-state index contributed by atoms with van der Waals surface area (Å²) in [5.74, 6) is 0. The number of aromatic nitrogens is 6. The van der Waals surface area contributed by atoms with E-state index in [0.29, 0.717) is 0 Å². The Balaban J connectivity index is -0.000000110. The van der Waals surface area contributed by atoms with Crippen LogP contribution in [0.15, 0.2) is 266 Å². The lowest BCUT2D eigenvalue weighted by atomic mass is 10.1. The summed E-state index contributed by atoms with van der Waals surface area (Å²) in [5.41, 5.74) is 7.91. The number of fused-ring (bicyclic) bond motifs is 6. The maximum absolute atomic E-state index is 5.01. The number of aromatic amines is 1. The number of rotatable bonds is 0. The smallest absolute Gasteiger partial charge is 0.181 e. The lowest BCUT2D eigenvalue weighted by Gasteiger charge is -1.92. The molecule has 13 aromatic rings. The normalized spacial score (nSPS) is 8.40. The molecule has 560 valence electrons. The number of H-pyrrole nitrogens is 1. The molecule has 0 atom stereocenters. The molecular weight excluding hydrogens is 1240 g/mol. The van der Waals surface area contributed by atoms with Gasteiger partial charge in [-0.3, -0.25) is 9.97 Å². The fraction of sp³-hybridized carbons (Fsp3) is 0.402. The Bertz CT molecular complexity index is 2740. The van der Waals surface area contributed by atoms with Gasteiger partial charge in [0.1, 0.15) is 5.52 Å². The Labute approximate surface area is 621 Å². The van der Waals surface area contributed by atoms with Crippen LogP contribution in [0.5, 0.6) is 0 Å². The molecule has 8 aromatic carbocycles. The van der Waals surface area contributed by atoms with Crippen molar-refractivity contribution in [1.82, 2.24) is 29.9 Å². The van der Waals surface area contributed by atoms with Crippen LogP contribution >= 0.6 is 11.3 Å². The van der Waals surface area contributed by atoms with Gasteiger partial charge in [0.15, 0.2) is 12.0 Å². The fourth-order valence-electron chi connectivity index (χ4n) is 6.93. The standard InChI is InChI=1S/C10H8.2C9H7N.C7H6N2.C7H5NO.C7H5NS.C6H6.C5H10.16C2H6/c1-2-6-10-8-4-3-7-9(10)5-1;1-2-6-9-8(4-1)5-3-7-10-9;1-2-4-9-7-10-6-5-8(9)3-1;3*1-2-4-7-6(3-1)8-5-9-7;1-2-4-6-5-3-1;1-2-4-5-3-1;16*1-2/h1-8H;2*1-7H;1-5H,(H,8,9);2*1-5H;1-6H;1-5H2;16*1-2H3. The van der Waals surface area contributed by atoms with Crippen molar-refractivity contribution in [2.75, 3.05) is 0 Å². The molecule has 0 bridgehead atoms. The van der Waals surface area contributed by atoms with Crippen molar-refractivity contribution in [2.45, 2.75) is 254 Å². The molecule has 0 radical (unpaired) electrons. The Morgan fingerprint density at radius 1 is 0.270 bits per heavy atom. The van der Waals surface area contributed by atoms with E-state index in [1.54, 1.807) is 17.7 Å². The van der Waals surface area contributed by atoms with Crippen LogP contribution in [0.4, 0.5) is 0 Å². The van der Waals surface area contributed by atoms with Gasteiger partial charge >= 0.3 is 0 Å². The first-order valence-corrected chi connectivity index (χ1v) is 39.6. The number of nitrogens with one attached hydrogen (secondary N) is 1. The Hall–Kier alpha value is -8.33. The minimum absolute atomic E-state index is 0.845. The summed E-state index contributed by atoms with van der Waals surface area (Å²) in [6.07, 6.45) is 16.1. The highest BCUT2D eigenvalue weighted by Gasteiger charge is 1.96. The number of oxazole rings is 1. The molecule has 5 aromatic heterocycles. The fourth-order valence-corrected chi connectivity index (χ4v) is 7.61. The lowest BCUT2D eigenvalue weighted by Crippen LogP contribution is -1.73. The predicted molar refractivity (Wildman–Crippen MR) is 468 cm³/mol. The van der Waals surface area contributed by atoms with E-state index in [4.69, 9.17) is 4.42 Å². The first kappa shape index (κ1) is 113. The Morgan fingerprint density at radius 3 is 1.01 bits per heavy atom. The first-order chi connectivity index (χ1) is 49.8. The number of hydrogen-bond donors (Lipinski definition) is 1. The molecule has 100 heavy (non-hydrogen) atoms. The molecule has 14 rings (SSSR count). The quantitative estimate of drug-likeness (QED) is 0.163. The van der Waals surface area contributed by atoms with Crippen LogP contribution in [0.3, 0.4) is 0 Å². The van der Waals surface area contributed by atoms with Gasteiger partial charge in [0, 0.05) is 24.0 Å². The zero-order valence-electron chi connectivity index (χ0n) is 69.9. The molecule has 0 amide bonds. The second-order valence-electron chi connectivity index (χ2n) is 15.2. The number of benzene rings is 8. The summed E-state index contributed by atoms with van der Waals surface area (Å²) in [4.78, 5) is 23.4. The average Bonchev–Trinajstić information content (AvgIpc) is 1.54. The molecule has 1 saturated carbocycles. The molecule has 0 spiro atoms. The Morgan fingerprint density at radius 2 is 0.610 bits per heavy atom. The summed E-state index contributed by atoms with van der Waals surface area (Å²) in [6, 6.07) is 74.7.